The van der Waals surface area contributed by atoms with E-state index in [1.807, 2.05) is 52.0 Å². The fourth-order valence-electron chi connectivity index (χ4n) is 1.86. The molecule has 3 N–H and O–H groups in total. The topological polar surface area (TPSA) is 85.8 Å². The van der Waals surface area contributed by atoms with Crippen LogP contribution in [0.1, 0.15) is 27.7 Å². The maximum absolute atomic E-state index is 12.2. The van der Waals surface area contributed by atoms with Crippen molar-refractivity contribution in [2.75, 3.05) is 5.84 Å². The number of amides is 1. The summed E-state index contributed by atoms with van der Waals surface area (Å²) < 4.78 is 2.35. The number of rotatable bonds is 4. The molecule has 0 bridgehead atoms. The molecule has 6 nitrogen and oxygen atoms in total. The summed E-state index contributed by atoms with van der Waals surface area (Å²) in [5, 5.41) is 11.3. The highest BCUT2D eigenvalue weighted by atomic mass is 79.9. The van der Waals surface area contributed by atoms with E-state index in [1.54, 1.807) is 0 Å². The first kappa shape index (κ1) is 17.8. The third-order valence-electron chi connectivity index (χ3n) is 2.90. The molecule has 0 spiro atoms. The van der Waals surface area contributed by atoms with E-state index in [-0.39, 0.29) is 16.7 Å². The molecule has 0 aliphatic carbocycles. The standard InChI is InChI=1S/C15H20BrN5OS/c1-9(13(22)18-15(2,3)4)23-14-20-19-12(21(14)17)10-6-5-7-11(16)8-10/h5-9H,17H2,1-4H3,(H,18,22)/t9-/m1/s1. The van der Waals surface area contributed by atoms with Crippen LogP contribution in [0.2, 0.25) is 0 Å². The van der Waals surface area contributed by atoms with Crippen LogP contribution in [0.3, 0.4) is 0 Å². The summed E-state index contributed by atoms with van der Waals surface area (Å²) >= 11 is 4.70. The van der Waals surface area contributed by atoms with Gasteiger partial charge in [-0.1, -0.05) is 39.8 Å². The van der Waals surface area contributed by atoms with Gasteiger partial charge in [0.1, 0.15) is 0 Å². The van der Waals surface area contributed by atoms with E-state index in [0.717, 1.165) is 10.0 Å². The zero-order valence-corrected chi connectivity index (χ0v) is 15.9. The van der Waals surface area contributed by atoms with E-state index < -0.39 is 0 Å². The van der Waals surface area contributed by atoms with Gasteiger partial charge in [-0.15, -0.1) is 10.2 Å². The first-order valence-electron chi connectivity index (χ1n) is 7.12. The molecule has 8 heteroatoms. The molecule has 1 aromatic heterocycles. The van der Waals surface area contributed by atoms with Crippen LogP contribution in [0, 0.1) is 0 Å². The van der Waals surface area contributed by atoms with Gasteiger partial charge in [-0.05, 0) is 39.8 Å². The molecular weight excluding hydrogens is 378 g/mol. The van der Waals surface area contributed by atoms with Crippen molar-refractivity contribution in [3.8, 4) is 11.4 Å². The lowest BCUT2D eigenvalue weighted by molar-refractivity contribution is -0.121. The number of thioether (sulfide) groups is 1. The first-order chi connectivity index (χ1) is 10.7. The van der Waals surface area contributed by atoms with E-state index in [1.165, 1.54) is 16.4 Å². The second kappa shape index (κ2) is 6.92. The van der Waals surface area contributed by atoms with Crippen molar-refractivity contribution >= 4 is 33.6 Å². The number of carbonyl (C=O) groups is 1. The molecule has 1 amide bonds. The lowest BCUT2D eigenvalue weighted by Crippen LogP contribution is -2.44. The summed E-state index contributed by atoms with van der Waals surface area (Å²) in [6.07, 6.45) is 0. The van der Waals surface area contributed by atoms with Crippen LogP contribution in [0.25, 0.3) is 11.4 Å². The van der Waals surface area contributed by atoms with Crippen LogP contribution in [0.15, 0.2) is 33.9 Å². The molecular formula is C15H20BrN5OS. The van der Waals surface area contributed by atoms with E-state index in [2.05, 4.69) is 31.4 Å². The van der Waals surface area contributed by atoms with E-state index in [9.17, 15) is 4.79 Å². The van der Waals surface area contributed by atoms with Gasteiger partial charge in [-0.3, -0.25) is 4.79 Å². The Bertz CT molecular complexity index is 710. The van der Waals surface area contributed by atoms with Crippen LogP contribution in [0.5, 0.6) is 0 Å². The fraction of sp³-hybridized carbons (Fsp3) is 0.400. The van der Waals surface area contributed by atoms with Crippen molar-refractivity contribution in [1.29, 1.82) is 0 Å². The van der Waals surface area contributed by atoms with Crippen LogP contribution in [0.4, 0.5) is 0 Å². The molecule has 0 unspecified atom stereocenters. The summed E-state index contributed by atoms with van der Waals surface area (Å²) in [4.78, 5) is 12.2. The van der Waals surface area contributed by atoms with Gasteiger partial charge in [0, 0.05) is 15.6 Å². The molecule has 0 aliphatic heterocycles. The number of nitrogens with one attached hydrogen (secondary N) is 1. The second-order valence-electron chi connectivity index (χ2n) is 6.19. The van der Waals surface area contributed by atoms with Gasteiger partial charge in [0.15, 0.2) is 5.82 Å². The van der Waals surface area contributed by atoms with Crippen molar-refractivity contribution < 1.29 is 4.79 Å². The number of nitrogen functional groups attached to an aromatic ring is 1. The van der Waals surface area contributed by atoms with Crippen molar-refractivity contribution in [3.63, 3.8) is 0 Å². The molecule has 23 heavy (non-hydrogen) atoms. The molecule has 0 radical (unpaired) electrons. The predicted octanol–water partition coefficient (Wildman–Crippen LogP) is 2.82. The van der Waals surface area contributed by atoms with Crippen molar-refractivity contribution in [1.82, 2.24) is 20.2 Å². The van der Waals surface area contributed by atoms with Gasteiger partial charge >= 0.3 is 0 Å². The van der Waals surface area contributed by atoms with E-state index in [4.69, 9.17) is 5.84 Å². The van der Waals surface area contributed by atoms with Gasteiger partial charge < -0.3 is 11.2 Å². The predicted molar refractivity (Wildman–Crippen MR) is 96.5 cm³/mol. The SMILES string of the molecule is C[C@@H](Sc1nnc(-c2cccc(Br)c2)n1N)C(=O)NC(C)(C)C. The summed E-state index contributed by atoms with van der Waals surface area (Å²) in [6, 6.07) is 7.65. The largest absolute Gasteiger partial charge is 0.351 e. The average molecular weight is 398 g/mol. The molecule has 2 rings (SSSR count). The molecule has 0 aliphatic rings. The summed E-state index contributed by atoms with van der Waals surface area (Å²) in [6.45, 7) is 7.65. The third kappa shape index (κ3) is 4.71. The quantitative estimate of drug-likeness (QED) is 0.611. The molecule has 0 saturated carbocycles. The highest BCUT2D eigenvalue weighted by Crippen LogP contribution is 2.26. The normalized spacial score (nSPS) is 12.9. The minimum atomic E-state index is -0.323. The van der Waals surface area contributed by atoms with Gasteiger partial charge in [0.25, 0.3) is 0 Å². The highest BCUT2D eigenvalue weighted by molar-refractivity contribution is 9.10. The van der Waals surface area contributed by atoms with Crippen molar-refractivity contribution in [2.45, 2.75) is 43.6 Å². The Labute approximate surface area is 148 Å². The summed E-state index contributed by atoms with van der Waals surface area (Å²) in [7, 11) is 0. The molecule has 0 fully saturated rings. The number of carbonyl (C=O) groups excluding carboxylic acids is 1. The van der Waals surface area contributed by atoms with E-state index >= 15 is 0 Å². The molecule has 0 saturated heterocycles. The Kier molecular flexibility index (Phi) is 5.36. The number of hydrogen-bond donors (Lipinski definition) is 2. The van der Waals surface area contributed by atoms with E-state index in [0.29, 0.717) is 11.0 Å². The average Bonchev–Trinajstić information content (AvgIpc) is 2.78. The second-order valence-corrected chi connectivity index (χ2v) is 8.41. The monoisotopic (exact) mass is 397 g/mol. The zero-order chi connectivity index (χ0) is 17.2. The number of hydrogen-bond acceptors (Lipinski definition) is 5. The Balaban J connectivity index is 2.15. The zero-order valence-electron chi connectivity index (χ0n) is 13.5. The Morgan fingerprint density at radius 1 is 1.39 bits per heavy atom. The van der Waals surface area contributed by atoms with Crippen LogP contribution >= 0.6 is 27.7 Å². The maximum atomic E-state index is 12.2. The third-order valence-corrected chi connectivity index (χ3v) is 4.45. The fourth-order valence-corrected chi connectivity index (χ4v) is 3.03. The lowest BCUT2D eigenvalue weighted by Gasteiger charge is -2.22. The van der Waals surface area contributed by atoms with Gasteiger partial charge in [0.2, 0.25) is 11.1 Å². The molecule has 1 heterocycles. The maximum Gasteiger partial charge on any atom is 0.233 e. The minimum absolute atomic E-state index is 0.0606. The number of benzene rings is 1. The lowest BCUT2D eigenvalue weighted by atomic mass is 10.1. The number of halogens is 1. The smallest absolute Gasteiger partial charge is 0.233 e. The molecule has 124 valence electrons. The Hall–Kier alpha value is -1.54. The Morgan fingerprint density at radius 3 is 2.70 bits per heavy atom. The Morgan fingerprint density at radius 2 is 2.09 bits per heavy atom. The number of nitrogens with two attached hydrogens (primary N) is 1. The molecule has 1 aromatic carbocycles. The highest BCUT2D eigenvalue weighted by Gasteiger charge is 2.23. The summed E-state index contributed by atoms with van der Waals surface area (Å²) in [5.74, 6) is 6.58. The number of aromatic nitrogens is 3. The van der Waals surface area contributed by atoms with Crippen molar-refractivity contribution in [3.05, 3.63) is 28.7 Å². The van der Waals surface area contributed by atoms with Gasteiger partial charge in [-0.2, -0.15) is 0 Å². The van der Waals surface area contributed by atoms with Crippen molar-refractivity contribution in [2.24, 2.45) is 0 Å². The summed E-state index contributed by atoms with van der Waals surface area (Å²) in [5.41, 5.74) is 0.581. The van der Waals surface area contributed by atoms with Gasteiger partial charge in [0.05, 0.1) is 5.25 Å². The first-order valence-corrected chi connectivity index (χ1v) is 8.80. The minimum Gasteiger partial charge on any atom is -0.351 e. The van der Waals surface area contributed by atoms with Crippen LogP contribution in [-0.2, 0) is 4.79 Å². The van der Waals surface area contributed by atoms with Gasteiger partial charge in [-0.25, -0.2) is 4.68 Å². The van der Waals surface area contributed by atoms with Crippen LogP contribution in [-0.4, -0.2) is 31.6 Å². The molecule has 2 aromatic rings. The van der Waals surface area contributed by atoms with Crippen LogP contribution < -0.4 is 11.2 Å². The number of nitrogens with zero attached hydrogens (tertiary/aromatic N) is 3. The molecule has 1 atom stereocenters.